The number of hydrogen-bond donors (Lipinski definition) is 1. The molecule has 1 aromatic carbocycles. The first-order chi connectivity index (χ1) is 8.84. The van der Waals surface area contributed by atoms with Crippen molar-refractivity contribution in [1.82, 2.24) is 9.80 Å². The van der Waals surface area contributed by atoms with Crippen LogP contribution in [0.1, 0.15) is 18.1 Å². The van der Waals surface area contributed by atoms with Crippen LogP contribution in [-0.2, 0) is 11.3 Å². The molecule has 1 N–H and O–H groups in total. The Morgan fingerprint density at radius 2 is 1.84 bits per heavy atom. The van der Waals surface area contributed by atoms with Crippen molar-refractivity contribution < 1.29 is 14.7 Å². The molecule has 1 aromatic rings. The van der Waals surface area contributed by atoms with Crippen LogP contribution in [0, 0.1) is 6.92 Å². The zero-order chi connectivity index (χ0) is 14.6. The number of carbonyl (C=O) groups is 2. The number of urea groups is 1. The number of carboxylic acids is 1. The number of carbonyl (C=O) groups excluding carboxylic acids is 1. The maximum absolute atomic E-state index is 12.1. The summed E-state index contributed by atoms with van der Waals surface area (Å²) in [5, 5.41) is 8.90. The molecular formula is C14H20N2O3. The molecule has 0 saturated carbocycles. The van der Waals surface area contributed by atoms with Crippen LogP contribution in [0.5, 0.6) is 0 Å². The largest absolute Gasteiger partial charge is 0.480 e. The summed E-state index contributed by atoms with van der Waals surface area (Å²) in [6.45, 7) is 3.93. The van der Waals surface area contributed by atoms with Gasteiger partial charge in [0.05, 0.1) is 0 Å². The molecule has 0 aromatic heterocycles. The molecular weight excluding hydrogens is 244 g/mol. The summed E-state index contributed by atoms with van der Waals surface area (Å²) < 4.78 is 0. The molecule has 0 bridgehead atoms. The summed E-state index contributed by atoms with van der Waals surface area (Å²) in [5.41, 5.74) is 2.16. The Hall–Kier alpha value is -2.04. The van der Waals surface area contributed by atoms with Crippen molar-refractivity contribution in [2.75, 3.05) is 14.1 Å². The lowest BCUT2D eigenvalue weighted by molar-refractivity contribution is -0.141. The normalized spacial score (nSPS) is 11.8. The first-order valence-electron chi connectivity index (χ1n) is 6.09. The van der Waals surface area contributed by atoms with Gasteiger partial charge in [-0.25, -0.2) is 9.59 Å². The smallest absolute Gasteiger partial charge is 0.326 e. The fraction of sp³-hybridized carbons (Fsp3) is 0.429. The molecule has 0 fully saturated rings. The first-order valence-corrected chi connectivity index (χ1v) is 6.09. The predicted molar refractivity (Wildman–Crippen MR) is 72.9 cm³/mol. The van der Waals surface area contributed by atoms with Gasteiger partial charge < -0.3 is 14.9 Å². The highest BCUT2D eigenvalue weighted by atomic mass is 16.4. The molecule has 0 radical (unpaired) electrons. The summed E-state index contributed by atoms with van der Waals surface area (Å²) in [4.78, 5) is 25.7. The number of amides is 2. The molecule has 2 amide bonds. The van der Waals surface area contributed by atoms with E-state index in [-0.39, 0.29) is 6.03 Å². The topological polar surface area (TPSA) is 60.9 Å². The Labute approximate surface area is 113 Å². The second-order valence-corrected chi connectivity index (χ2v) is 4.69. The zero-order valence-electron chi connectivity index (χ0n) is 11.8. The fourth-order valence-electron chi connectivity index (χ4n) is 1.71. The lowest BCUT2D eigenvalue weighted by Crippen LogP contribution is -2.46. The maximum atomic E-state index is 12.1. The monoisotopic (exact) mass is 264 g/mol. The lowest BCUT2D eigenvalue weighted by Gasteiger charge is -2.28. The highest BCUT2D eigenvalue weighted by Gasteiger charge is 2.24. The van der Waals surface area contributed by atoms with Crippen molar-refractivity contribution in [3.63, 3.8) is 0 Å². The molecule has 0 aliphatic carbocycles. The number of aryl methyl sites for hydroxylation is 1. The van der Waals surface area contributed by atoms with E-state index in [1.54, 1.807) is 7.05 Å². The molecule has 0 heterocycles. The first kappa shape index (κ1) is 15.0. The van der Waals surface area contributed by atoms with Crippen molar-refractivity contribution in [1.29, 1.82) is 0 Å². The number of aliphatic carboxylic acids is 1. The lowest BCUT2D eigenvalue weighted by atomic mass is 10.1. The molecule has 0 aliphatic rings. The van der Waals surface area contributed by atoms with Gasteiger partial charge in [-0.3, -0.25) is 0 Å². The average molecular weight is 264 g/mol. The molecule has 5 heteroatoms. The second kappa shape index (κ2) is 6.22. The molecule has 19 heavy (non-hydrogen) atoms. The Kier molecular flexibility index (Phi) is 4.92. The molecule has 1 atom stereocenters. The zero-order valence-corrected chi connectivity index (χ0v) is 11.8. The quantitative estimate of drug-likeness (QED) is 0.904. The predicted octanol–water partition coefficient (Wildman–Crippen LogP) is 1.95. The minimum Gasteiger partial charge on any atom is -0.480 e. The number of rotatable bonds is 4. The van der Waals surface area contributed by atoms with E-state index in [0.29, 0.717) is 6.54 Å². The standard InChI is InChI=1S/C14H20N2O3/c1-10-7-5-6-8-12(10)9-15(3)14(19)16(4)11(2)13(17)18/h5-8,11H,9H2,1-4H3,(H,17,18). The van der Waals surface area contributed by atoms with E-state index < -0.39 is 12.0 Å². The van der Waals surface area contributed by atoms with Gasteiger partial charge in [-0.15, -0.1) is 0 Å². The third-order valence-electron chi connectivity index (χ3n) is 3.24. The number of carboxylic acid groups (broad SMARTS) is 1. The van der Waals surface area contributed by atoms with Gasteiger partial charge in [-0.1, -0.05) is 24.3 Å². The van der Waals surface area contributed by atoms with Gasteiger partial charge in [0, 0.05) is 20.6 Å². The highest BCUT2D eigenvalue weighted by molar-refractivity contribution is 5.82. The molecule has 104 valence electrons. The van der Waals surface area contributed by atoms with Gasteiger partial charge in [-0.2, -0.15) is 0 Å². The van der Waals surface area contributed by atoms with E-state index in [4.69, 9.17) is 5.11 Å². The van der Waals surface area contributed by atoms with E-state index in [1.807, 2.05) is 31.2 Å². The number of nitrogens with zero attached hydrogens (tertiary/aromatic N) is 2. The van der Waals surface area contributed by atoms with Crippen molar-refractivity contribution in [2.45, 2.75) is 26.4 Å². The Morgan fingerprint density at radius 3 is 2.37 bits per heavy atom. The molecule has 5 nitrogen and oxygen atoms in total. The third kappa shape index (κ3) is 3.71. The van der Waals surface area contributed by atoms with Crippen LogP contribution >= 0.6 is 0 Å². The Balaban J connectivity index is 2.73. The van der Waals surface area contributed by atoms with Crippen molar-refractivity contribution in [3.8, 4) is 0 Å². The minimum atomic E-state index is -1.01. The summed E-state index contributed by atoms with van der Waals surface area (Å²) in [6.07, 6.45) is 0. The van der Waals surface area contributed by atoms with Crippen molar-refractivity contribution in [3.05, 3.63) is 35.4 Å². The van der Waals surface area contributed by atoms with E-state index in [0.717, 1.165) is 11.1 Å². The summed E-state index contributed by atoms with van der Waals surface area (Å²) in [7, 11) is 3.16. The van der Waals surface area contributed by atoms with Crippen LogP contribution in [0.15, 0.2) is 24.3 Å². The summed E-state index contributed by atoms with van der Waals surface area (Å²) in [5.74, 6) is -1.01. The molecule has 1 unspecified atom stereocenters. The van der Waals surface area contributed by atoms with Crippen LogP contribution < -0.4 is 0 Å². The Morgan fingerprint density at radius 1 is 1.26 bits per heavy atom. The van der Waals surface area contributed by atoms with E-state index in [1.165, 1.54) is 23.8 Å². The maximum Gasteiger partial charge on any atom is 0.326 e. The van der Waals surface area contributed by atoms with Crippen LogP contribution in [0.3, 0.4) is 0 Å². The fourth-order valence-corrected chi connectivity index (χ4v) is 1.71. The molecule has 0 spiro atoms. The molecule has 0 aliphatic heterocycles. The summed E-state index contributed by atoms with van der Waals surface area (Å²) in [6, 6.07) is 6.66. The highest BCUT2D eigenvalue weighted by Crippen LogP contribution is 2.11. The molecule has 0 saturated heterocycles. The van der Waals surface area contributed by atoms with E-state index in [9.17, 15) is 9.59 Å². The van der Waals surface area contributed by atoms with Crippen LogP contribution in [0.25, 0.3) is 0 Å². The third-order valence-corrected chi connectivity index (χ3v) is 3.24. The number of likely N-dealkylation sites (N-methyl/N-ethyl adjacent to an activating group) is 1. The number of benzene rings is 1. The van der Waals surface area contributed by atoms with Gasteiger partial charge in [0.1, 0.15) is 6.04 Å². The van der Waals surface area contributed by atoms with Crippen molar-refractivity contribution >= 4 is 12.0 Å². The van der Waals surface area contributed by atoms with Crippen LogP contribution in [0.2, 0.25) is 0 Å². The SMILES string of the molecule is Cc1ccccc1CN(C)C(=O)N(C)C(C)C(=O)O. The van der Waals surface area contributed by atoms with Crippen LogP contribution in [0.4, 0.5) is 4.79 Å². The number of hydrogen-bond acceptors (Lipinski definition) is 2. The van der Waals surface area contributed by atoms with Crippen LogP contribution in [-0.4, -0.2) is 47.0 Å². The van der Waals surface area contributed by atoms with Gasteiger partial charge in [-0.05, 0) is 25.0 Å². The minimum absolute atomic E-state index is 0.307. The second-order valence-electron chi connectivity index (χ2n) is 4.69. The average Bonchev–Trinajstić information content (AvgIpc) is 2.38. The van der Waals surface area contributed by atoms with Gasteiger partial charge >= 0.3 is 12.0 Å². The van der Waals surface area contributed by atoms with Gasteiger partial charge in [0.15, 0.2) is 0 Å². The van der Waals surface area contributed by atoms with Crippen molar-refractivity contribution in [2.24, 2.45) is 0 Å². The summed E-state index contributed by atoms with van der Waals surface area (Å²) >= 11 is 0. The Bertz CT molecular complexity index is 474. The van der Waals surface area contributed by atoms with E-state index >= 15 is 0 Å². The van der Waals surface area contributed by atoms with Gasteiger partial charge in [0.2, 0.25) is 0 Å². The molecule has 1 rings (SSSR count). The van der Waals surface area contributed by atoms with E-state index in [2.05, 4.69) is 0 Å². The van der Waals surface area contributed by atoms with Gasteiger partial charge in [0.25, 0.3) is 0 Å².